The molecule has 0 saturated heterocycles. The number of benzene rings is 1. The summed E-state index contributed by atoms with van der Waals surface area (Å²) in [4.78, 5) is 2.45. The highest BCUT2D eigenvalue weighted by Crippen LogP contribution is 2.36. The van der Waals surface area contributed by atoms with Gasteiger partial charge in [-0.15, -0.1) is 0 Å². The van der Waals surface area contributed by atoms with Crippen LogP contribution in [0.2, 0.25) is 0 Å². The van der Waals surface area contributed by atoms with Gasteiger partial charge < -0.3 is 15.3 Å². The zero-order chi connectivity index (χ0) is 13.7. The van der Waals surface area contributed by atoms with E-state index in [0.29, 0.717) is 11.8 Å². The molecule has 3 nitrogen and oxygen atoms in total. The van der Waals surface area contributed by atoms with Crippen molar-refractivity contribution in [3.63, 3.8) is 0 Å². The zero-order valence-corrected chi connectivity index (χ0v) is 12.2. The topological polar surface area (TPSA) is 35.5 Å². The number of fused-ring (bicyclic) bond motifs is 1. The standard InChI is InChI=1S/C16H26N2O/c1-3-18(4-2)12-6-11-17-15-10-9-14-13(15)7-5-8-16(14)19/h5,7-8,15,17,19H,3-4,6,9-12H2,1-2H3. The summed E-state index contributed by atoms with van der Waals surface area (Å²) in [5.41, 5.74) is 2.44. The number of nitrogens with zero attached hydrogens (tertiary/aromatic N) is 1. The largest absolute Gasteiger partial charge is 0.508 e. The predicted molar refractivity (Wildman–Crippen MR) is 79.6 cm³/mol. The minimum Gasteiger partial charge on any atom is -0.508 e. The summed E-state index contributed by atoms with van der Waals surface area (Å²) in [5, 5.41) is 13.5. The Morgan fingerprint density at radius 1 is 1.32 bits per heavy atom. The number of phenols is 1. The monoisotopic (exact) mass is 262 g/mol. The fourth-order valence-corrected chi connectivity index (χ4v) is 2.97. The van der Waals surface area contributed by atoms with Crippen LogP contribution in [-0.2, 0) is 6.42 Å². The molecule has 0 heterocycles. The number of aromatic hydroxyl groups is 1. The van der Waals surface area contributed by atoms with Gasteiger partial charge >= 0.3 is 0 Å². The molecule has 1 aliphatic carbocycles. The number of rotatable bonds is 7. The smallest absolute Gasteiger partial charge is 0.119 e. The van der Waals surface area contributed by atoms with Crippen LogP contribution in [0.5, 0.6) is 5.75 Å². The summed E-state index contributed by atoms with van der Waals surface area (Å²) in [5.74, 6) is 0.463. The first kappa shape index (κ1) is 14.4. The van der Waals surface area contributed by atoms with Gasteiger partial charge in [0.05, 0.1) is 0 Å². The minimum absolute atomic E-state index is 0.429. The van der Waals surface area contributed by atoms with Crippen molar-refractivity contribution < 1.29 is 5.11 Å². The molecule has 0 aliphatic heterocycles. The second kappa shape index (κ2) is 6.92. The van der Waals surface area contributed by atoms with Gasteiger partial charge in [0.1, 0.15) is 5.75 Å². The second-order valence-electron chi connectivity index (χ2n) is 5.27. The molecular weight excluding hydrogens is 236 g/mol. The first-order chi connectivity index (χ1) is 9.26. The van der Waals surface area contributed by atoms with Gasteiger partial charge in [0.15, 0.2) is 0 Å². The van der Waals surface area contributed by atoms with Crippen molar-refractivity contribution in [1.29, 1.82) is 0 Å². The predicted octanol–water partition coefficient (Wildman–Crippen LogP) is 2.70. The van der Waals surface area contributed by atoms with Crippen molar-refractivity contribution in [1.82, 2.24) is 10.2 Å². The average Bonchev–Trinajstić information content (AvgIpc) is 2.84. The van der Waals surface area contributed by atoms with E-state index in [2.05, 4.69) is 30.1 Å². The fraction of sp³-hybridized carbons (Fsp3) is 0.625. The first-order valence-corrected chi connectivity index (χ1v) is 7.52. The van der Waals surface area contributed by atoms with E-state index in [1.165, 1.54) is 18.5 Å². The van der Waals surface area contributed by atoms with E-state index in [-0.39, 0.29) is 0 Å². The molecule has 2 rings (SSSR count). The van der Waals surface area contributed by atoms with Crippen molar-refractivity contribution in [2.24, 2.45) is 0 Å². The molecule has 1 aromatic rings. The molecule has 3 heteroatoms. The molecule has 0 bridgehead atoms. The summed E-state index contributed by atoms with van der Waals surface area (Å²) in [6.45, 7) is 8.92. The van der Waals surface area contributed by atoms with Gasteiger partial charge in [0.25, 0.3) is 0 Å². The number of hydrogen-bond acceptors (Lipinski definition) is 3. The van der Waals surface area contributed by atoms with E-state index >= 15 is 0 Å². The van der Waals surface area contributed by atoms with Crippen molar-refractivity contribution in [2.45, 2.75) is 39.2 Å². The van der Waals surface area contributed by atoms with Crippen LogP contribution in [0.15, 0.2) is 18.2 Å². The molecule has 0 fully saturated rings. The van der Waals surface area contributed by atoms with E-state index in [4.69, 9.17) is 0 Å². The van der Waals surface area contributed by atoms with Crippen LogP contribution < -0.4 is 5.32 Å². The number of hydrogen-bond donors (Lipinski definition) is 2. The number of nitrogens with one attached hydrogen (secondary N) is 1. The Balaban J connectivity index is 1.79. The first-order valence-electron chi connectivity index (χ1n) is 7.52. The van der Waals surface area contributed by atoms with Gasteiger partial charge in [0.2, 0.25) is 0 Å². The molecule has 1 atom stereocenters. The summed E-state index contributed by atoms with van der Waals surface area (Å²) < 4.78 is 0. The quantitative estimate of drug-likeness (QED) is 0.742. The molecular formula is C16H26N2O. The Morgan fingerprint density at radius 3 is 2.84 bits per heavy atom. The lowest BCUT2D eigenvalue weighted by molar-refractivity contribution is 0.295. The maximum Gasteiger partial charge on any atom is 0.119 e. The van der Waals surface area contributed by atoms with Gasteiger partial charge in [-0.3, -0.25) is 0 Å². The van der Waals surface area contributed by atoms with Crippen molar-refractivity contribution in [3.8, 4) is 5.75 Å². The lowest BCUT2D eigenvalue weighted by Gasteiger charge is -2.19. The van der Waals surface area contributed by atoms with Gasteiger partial charge in [-0.25, -0.2) is 0 Å². The maximum absolute atomic E-state index is 9.82. The van der Waals surface area contributed by atoms with Gasteiger partial charge in [-0.2, -0.15) is 0 Å². The lowest BCUT2D eigenvalue weighted by Crippen LogP contribution is -2.28. The third-order valence-corrected chi connectivity index (χ3v) is 4.18. The number of phenolic OH excluding ortho intramolecular Hbond substituents is 1. The van der Waals surface area contributed by atoms with E-state index in [1.54, 1.807) is 6.07 Å². The van der Waals surface area contributed by atoms with Crippen LogP contribution in [0.25, 0.3) is 0 Å². The van der Waals surface area contributed by atoms with Crippen molar-refractivity contribution >= 4 is 0 Å². The molecule has 1 aromatic carbocycles. The second-order valence-corrected chi connectivity index (χ2v) is 5.27. The SMILES string of the molecule is CCN(CC)CCCNC1CCc2c(O)cccc21. The van der Waals surface area contributed by atoms with E-state index in [0.717, 1.165) is 38.0 Å². The lowest BCUT2D eigenvalue weighted by atomic mass is 10.1. The Hall–Kier alpha value is -1.06. The van der Waals surface area contributed by atoms with Crippen LogP contribution >= 0.6 is 0 Å². The molecule has 0 spiro atoms. The molecule has 0 saturated carbocycles. The Kier molecular flexibility index (Phi) is 5.23. The highest BCUT2D eigenvalue weighted by atomic mass is 16.3. The molecule has 0 radical (unpaired) electrons. The van der Waals surface area contributed by atoms with Gasteiger partial charge in [-0.1, -0.05) is 26.0 Å². The van der Waals surface area contributed by atoms with E-state index in [1.807, 2.05) is 6.07 Å². The molecule has 2 N–H and O–H groups in total. The normalized spacial score (nSPS) is 17.9. The fourth-order valence-electron chi connectivity index (χ4n) is 2.97. The Bertz CT molecular complexity index is 402. The minimum atomic E-state index is 0.429. The molecule has 0 amide bonds. The van der Waals surface area contributed by atoms with Crippen LogP contribution in [0, 0.1) is 0 Å². The Morgan fingerprint density at radius 2 is 2.11 bits per heavy atom. The summed E-state index contributed by atoms with van der Waals surface area (Å²) in [7, 11) is 0. The summed E-state index contributed by atoms with van der Waals surface area (Å²) >= 11 is 0. The summed E-state index contributed by atoms with van der Waals surface area (Å²) in [6.07, 6.45) is 3.29. The Labute approximate surface area is 116 Å². The third kappa shape index (κ3) is 3.48. The van der Waals surface area contributed by atoms with Crippen molar-refractivity contribution in [2.75, 3.05) is 26.2 Å². The highest BCUT2D eigenvalue weighted by Gasteiger charge is 2.23. The third-order valence-electron chi connectivity index (χ3n) is 4.18. The van der Waals surface area contributed by atoms with E-state index < -0.39 is 0 Å². The summed E-state index contributed by atoms with van der Waals surface area (Å²) in [6, 6.07) is 6.31. The molecule has 19 heavy (non-hydrogen) atoms. The van der Waals surface area contributed by atoms with E-state index in [9.17, 15) is 5.11 Å². The molecule has 106 valence electrons. The highest BCUT2D eigenvalue weighted by molar-refractivity contribution is 5.44. The maximum atomic E-state index is 9.82. The van der Waals surface area contributed by atoms with Crippen LogP contribution in [0.4, 0.5) is 0 Å². The van der Waals surface area contributed by atoms with Crippen LogP contribution in [-0.4, -0.2) is 36.2 Å². The van der Waals surface area contributed by atoms with Gasteiger partial charge in [0, 0.05) is 6.04 Å². The average molecular weight is 262 g/mol. The zero-order valence-electron chi connectivity index (χ0n) is 12.2. The molecule has 1 aliphatic rings. The molecule has 0 aromatic heterocycles. The van der Waals surface area contributed by atoms with Crippen LogP contribution in [0.3, 0.4) is 0 Å². The molecule has 1 unspecified atom stereocenters. The van der Waals surface area contributed by atoms with Gasteiger partial charge in [-0.05, 0) is 62.6 Å². The van der Waals surface area contributed by atoms with Crippen LogP contribution in [0.1, 0.15) is 43.9 Å². The van der Waals surface area contributed by atoms with Crippen molar-refractivity contribution in [3.05, 3.63) is 29.3 Å².